The molecule has 0 aliphatic carbocycles. The van der Waals surface area contributed by atoms with Crippen molar-refractivity contribution in [1.29, 1.82) is 0 Å². The molecule has 0 bridgehead atoms. The van der Waals surface area contributed by atoms with Gasteiger partial charge in [-0.1, -0.05) is 36.7 Å². The van der Waals surface area contributed by atoms with Crippen LogP contribution in [0.15, 0.2) is 47.0 Å². The van der Waals surface area contributed by atoms with Crippen LogP contribution in [0.1, 0.15) is 49.0 Å². The van der Waals surface area contributed by atoms with Gasteiger partial charge in [0.15, 0.2) is 0 Å². The van der Waals surface area contributed by atoms with Crippen molar-refractivity contribution in [3.63, 3.8) is 0 Å². The molecule has 10 heteroatoms. The summed E-state index contributed by atoms with van der Waals surface area (Å²) in [7, 11) is 4.17. The average molecular weight is 644 g/mol. The molecule has 0 spiro atoms. The number of nitrogens with one attached hydrogen (secondary N) is 1. The van der Waals surface area contributed by atoms with E-state index in [0.717, 1.165) is 136 Å². The number of piperazine rings is 1. The number of imidazole rings is 1. The number of fused-ring (bicyclic) bond motifs is 1. The molecule has 1 saturated heterocycles. The van der Waals surface area contributed by atoms with Crippen LogP contribution in [0.2, 0.25) is 0 Å². The smallest absolute Gasteiger partial charge is 0.234 e. The van der Waals surface area contributed by atoms with Gasteiger partial charge in [0.1, 0.15) is 17.3 Å². The molecule has 5 rings (SSSR count). The minimum absolute atomic E-state index is 0.138. The number of aromatic nitrogens is 3. The van der Waals surface area contributed by atoms with Crippen LogP contribution in [0, 0.1) is 13.8 Å². The second-order valence-corrected chi connectivity index (χ2v) is 13.1. The molecule has 0 saturated carbocycles. The molecule has 4 aromatic rings. The fourth-order valence-corrected chi connectivity index (χ4v) is 6.33. The minimum atomic E-state index is 0.138. The molecule has 0 unspecified atom stereocenters. The van der Waals surface area contributed by atoms with Crippen LogP contribution in [-0.4, -0.2) is 108 Å². The van der Waals surface area contributed by atoms with E-state index in [1.54, 1.807) is 0 Å². The third-order valence-electron chi connectivity index (χ3n) is 9.05. The van der Waals surface area contributed by atoms with Crippen LogP contribution in [0.4, 0.5) is 0 Å². The fourth-order valence-electron chi connectivity index (χ4n) is 6.33. The van der Waals surface area contributed by atoms with Crippen molar-refractivity contribution >= 4 is 16.9 Å². The van der Waals surface area contributed by atoms with E-state index in [0.29, 0.717) is 6.54 Å². The molecule has 2 aromatic heterocycles. The molecule has 0 radical (unpaired) electrons. The number of hydrogen-bond acceptors (Lipinski definition) is 8. The zero-order valence-electron chi connectivity index (χ0n) is 29.1. The Labute approximate surface area is 280 Å². The standard InChI is InChI=1S/C37H53N7O3/c1-6-7-17-38-36(45)27-43-21-19-42(20-22-43)23-24-44-34-15-12-31(37-28(2)40-47-29(37)3)26-33(34)39-35(44)16-11-30-9-13-32(14-10-30)46-25-8-18-41(4)5/h9-10,12-15,26H,6-8,11,16-25,27H2,1-5H3,(H,38,45). The van der Waals surface area contributed by atoms with E-state index in [2.05, 4.69) is 93.2 Å². The van der Waals surface area contributed by atoms with Crippen LogP contribution in [0.3, 0.4) is 0 Å². The van der Waals surface area contributed by atoms with E-state index in [1.165, 1.54) is 5.56 Å². The number of nitrogens with zero attached hydrogens (tertiary/aromatic N) is 6. The Hall–Kier alpha value is -3.73. The topological polar surface area (TPSA) is 91.9 Å². The van der Waals surface area contributed by atoms with Gasteiger partial charge in [0, 0.05) is 64.3 Å². The van der Waals surface area contributed by atoms with Crippen LogP contribution in [0.5, 0.6) is 5.75 Å². The molecule has 1 aliphatic heterocycles. The second-order valence-electron chi connectivity index (χ2n) is 13.1. The highest BCUT2D eigenvalue weighted by Gasteiger charge is 2.20. The number of hydrogen-bond donors (Lipinski definition) is 1. The third kappa shape index (κ3) is 9.65. The van der Waals surface area contributed by atoms with Crippen molar-refractivity contribution in [3.05, 3.63) is 65.3 Å². The Morgan fingerprint density at radius 1 is 0.979 bits per heavy atom. The number of carbonyl (C=O) groups is 1. The Balaban J connectivity index is 1.24. The summed E-state index contributed by atoms with van der Waals surface area (Å²) in [5.74, 6) is 2.98. The van der Waals surface area contributed by atoms with Gasteiger partial charge in [-0.25, -0.2) is 4.98 Å². The third-order valence-corrected chi connectivity index (χ3v) is 9.05. The number of rotatable bonds is 17. The van der Waals surface area contributed by atoms with Gasteiger partial charge < -0.3 is 24.0 Å². The first-order chi connectivity index (χ1) is 22.8. The van der Waals surface area contributed by atoms with Gasteiger partial charge in [-0.3, -0.25) is 14.6 Å². The monoisotopic (exact) mass is 643 g/mol. The Morgan fingerprint density at radius 2 is 1.74 bits per heavy atom. The average Bonchev–Trinajstić information content (AvgIpc) is 3.59. The lowest BCUT2D eigenvalue weighted by Gasteiger charge is -2.34. The van der Waals surface area contributed by atoms with Crippen molar-refractivity contribution in [3.8, 4) is 16.9 Å². The molecule has 3 heterocycles. The summed E-state index contributed by atoms with van der Waals surface area (Å²) < 4.78 is 13.8. The maximum Gasteiger partial charge on any atom is 0.234 e. The van der Waals surface area contributed by atoms with Crippen LogP contribution in [-0.2, 0) is 24.2 Å². The van der Waals surface area contributed by atoms with Gasteiger partial charge in [0.25, 0.3) is 0 Å². The van der Waals surface area contributed by atoms with Crippen LogP contribution >= 0.6 is 0 Å². The zero-order valence-corrected chi connectivity index (χ0v) is 29.1. The highest BCUT2D eigenvalue weighted by Crippen LogP contribution is 2.30. The maximum atomic E-state index is 12.3. The first-order valence-electron chi connectivity index (χ1n) is 17.3. The number of benzene rings is 2. The van der Waals surface area contributed by atoms with E-state index in [4.69, 9.17) is 14.2 Å². The van der Waals surface area contributed by atoms with Gasteiger partial charge in [-0.15, -0.1) is 0 Å². The molecule has 1 N–H and O–H groups in total. The van der Waals surface area contributed by atoms with E-state index < -0.39 is 0 Å². The van der Waals surface area contributed by atoms with E-state index in [-0.39, 0.29) is 5.91 Å². The second kappa shape index (κ2) is 16.9. The largest absolute Gasteiger partial charge is 0.494 e. The predicted molar refractivity (Wildman–Crippen MR) is 188 cm³/mol. The molecule has 254 valence electrons. The van der Waals surface area contributed by atoms with Crippen molar-refractivity contribution in [2.24, 2.45) is 0 Å². The van der Waals surface area contributed by atoms with E-state index >= 15 is 0 Å². The molecular formula is C37H53N7O3. The van der Waals surface area contributed by atoms with E-state index in [9.17, 15) is 4.79 Å². The van der Waals surface area contributed by atoms with Crippen molar-refractivity contribution in [2.45, 2.75) is 59.4 Å². The van der Waals surface area contributed by atoms with Gasteiger partial charge in [-0.2, -0.15) is 0 Å². The summed E-state index contributed by atoms with van der Waals surface area (Å²) in [6.07, 6.45) is 4.88. The first kappa shape index (κ1) is 34.6. The Kier molecular flexibility index (Phi) is 12.4. The highest BCUT2D eigenvalue weighted by molar-refractivity contribution is 5.83. The molecule has 1 amide bonds. The summed E-state index contributed by atoms with van der Waals surface area (Å²) in [6, 6.07) is 15.1. The van der Waals surface area contributed by atoms with Gasteiger partial charge in [-0.05, 0) is 82.6 Å². The molecule has 10 nitrogen and oxygen atoms in total. The highest BCUT2D eigenvalue weighted by atomic mass is 16.5. The molecular weight excluding hydrogens is 590 g/mol. The van der Waals surface area contributed by atoms with Gasteiger partial charge >= 0.3 is 0 Å². The lowest BCUT2D eigenvalue weighted by atomic mass is 10.0. The lowest BCUT2D eigenvalue weighted by Crippen LogP contribution is -2.50. The van der Waals surface area contributed by atoms with Crippen molar-refractivity contribution in [1.82, 2.24) is 34.7 Å². The fraction of sp³-hybridized carbons (Fsp3) is 0.541. The number of aryl methyl sites for hydroxylation is 4. The number of unbranched alkanes of at least 4 members (excludes halogenated alkanes) is 1. The summed E-state index contributed by atoms with van der Waals surface area (Å²) in [5.41, 5.74) is 6.45. The molecule has 1 fully saturated rings. The quantitative estimate of drug-likeness (QED) is 0.162. The summed E-state index contributed by atoms with van der Waals surface area (Å²) in [6.45, 7) is 14.7. The predicted octanol–water partition coefficient (Wildman–Crippen LogP) is 4.96. The SMILES string of the molecule is CCCCNC(=O)CN1CCN(CCn2c(CCc3ccc(OCCCN(C)C)cc3)nc3cc(-c4c(C)noc4C)ccc32)CC1. The Bertz CT molecular complexity index is 1550. The summed E-state index contributed by atoms with van der Waals surface area (Å²) >= 11 is 0. The zero-order chi connectivity index (χ0) is 33.2. The Morgan fingerprint density at radius 3 is 2.45 bits per heavy atom. The first-order valence-corrected chi connectivity index (χ1v) is 17.3. The number of amides is 1. The normalized spacial score (nSPS) is 14.3. The molecule has 2 aromatic carbocycles. The molecule has 0 atom stereocenters. The van der Waals surface area contributed by atoms with E-state index in [1.807, 2.05) is 13.8 Å². The number of ether oxygens (including phenoxy) is 1. The maximum absolute atomic E-state index is 12.3. The minimum Gasteiger partial charge on any atom is -0.494 e. The van der Waals surface area contributed by atoms with Crippen LogP contribution < -0.4 is 10.1 Å². The van der Waals surface area contributed by atoms with Gasteiger partial charge in [0.05, 0.1) is 29.9 Å². The molecule has 1 aliphatic rings. The van der Waals surface area contributed by atoms with Crippen molar-refractivity contribution in [2.75, 3.05) is 73.1 Å². The number of carbonyl (C=O) groups excluding carboxylic acids is 1. The summed E-state index contributed by atoms with van der Waals surface area (Å²) in [4.78, 5) is 24.5. The molecule has 47 heavy (non-hydrogen) atoms. The van der Waals surface area contributed by atoms with Crippen LogP contribution in [0.25, 0.3) is 22.2 Å². The lowest BCUT2D eigenvalue weighted by molar-refractivity contribution is -0.122. The van der Waals surface area contributed by atoms with Gasteiger partial charge in [0.2, 0.25) is 5.91 Å². The summed E-state index contributed by atoms with van der Waals surface area (Å²) in [5, 5.41) is 7.22. The van der Waals surface area contributed by atoms with Crippen molar-refractivity contribution < 1.29 is 14.1 Å².